The average molecular weight is 631 g/mol. The van der Waals surface area contributed by atoms with Gasteiger partial charge in [0, 0.05) is 0 Å². The van der Waals surface area contributed by atoms with Gasteiger partial charge in [-0.2, -0.15) is 0 Å². The fraction of sp³-hybridized carbons (Fsp3) is 0.219. The first kappa shape index (κ1) is 29.8. The fourth-order valence-electron chi connectivity index (χ4n) is 5.18. The molecule has 3 nitrogen and oxygen atoms in total. The zero-order valence-electron chi connectivity index (χ0n) is 22.1. The van der Waals surface area contributed by atoms with E-state index in [0.29, 0.717) is 19.0 Å². The molecule has 8 heteroatoms. The second-order valence-corrected chi connectivity index (χ2v) is 18.7. The third kappa shape index (κ3) is 5.68. The number of carbonyl (C=O) groups is 1. The van der Waals surface area contributed by atoms with Crippen LogP contribution in [0, 0.1) is 0 Å². The molecule has 0 unspecified atom stereocenters. The van der Waals surface area contributed by atoms with Crippen molar-refractivity contribution in [2.45, 2.75) is 32.4 Å². The second kappa shape index (κ2) is 12.2. The van der Waals surface area contributed by atoms with Crippen LogP contribution >= 0.6 is 20.8 Å². The summed E-state index contributed by atoms with van der Waals surface area (Å²) in [4.78, 5) is 11.8. The first-order valence-corrected chi connectivity index (χ1v) is 17.5. The predicted molar refractivity (Wildman–Crippen MR) is 162 cm³/mol. The van der Waals surface area contributed by atoms with Crippen molar-refractivity contribution in [1.82, 2.24) is 0 Å². The van der Waals surface area contributed by atoms with E-state index in [1.807, 2.05) is 61.5 Å². The van der Waals surface area contributed by atoms with Gasteiger partial charge in [-0.1, -0.05) is 0 Å². The summed E-state index contributed by atoms with van der Waals surface area (Å²) in [5, 5.41) is 11.0. The van der Waals surface area contributed by atoms with Crippen molar-refractivity contribution in [3.63, 3.8) is 0 Å². The number of Topliss-reactive ketones (excluding diaryl/α,β-unsaturated/α-hetero) is 1. The van der Waals surface area contributed by atoms with E-state index in [1.165, 1.54) is 22.0 Å². The van der Waals surface area contributed by atoms with Crippen molar-refractivity contribution in [2.24, 2.45) is 0 Å². The first-order valence-electron chi connectivity index (χ1n) is 13.1. The average Bonchev–Trinajstić information content (AvgIpc) is 2.97. The molecule has 0 heterocycles. The molecule has 0 fully saturated rings. The quantitative estimate of drug-likeness (QED) is 0.105. The zero-order valence-corrected chi connectivity index (χ0v) is 24.6. The molecule has 0 aliphatic carbocycles. The summed E-state index contributed by atoms with van der Waals surface area (Å²) in [6.45, 7) is 2.11. The van der Waals surface area contributed by atoms with Crippen molar-refractivity contribution < 1.29 is 27.8 Å². The van der Waals surface area contributed by atoms with E-state index >= 15 is 0 Å². The Kier molecular flexibility index (Phi) is 9.06. The molecule has 0 amide bonds. The number of carbonyl (C=O) groups excluding carboxylic acids is 1. The van der Waals surface area contributed by atoms with E-state index in [1.54, 1.807) is 0 Å². The van der Waals surface area contributed by atoms with Crippen LogP contribution in [0.25, 0.3) is 0 Å². The number of phenolic OH excluding ortho intramolecular Hbond substituents is 1. The Balaban J connectivity index is 1.69. The Morgan fingerprint density at radius 2 is 1.30 bits per heavy atom. The van der Waals surface area contributed by atoms with Crippen LogP contribution in [0.2, 0.25) is 0 Å². The number of phenols is 1. The van der Waals surface area contributed by atoms with Crippen molar-refractivity contribution in [3.05, 3.63) is 114 Å². The fourth-order valence-corrected chi connectivity index (χ4v) is 12.8. The Labute approximate surface area is 240 Å². The van der Waals surface area contributed by atoms with Gasteiger partial charge in [0.25, 0.3) is 0 Å². The molecule has 210 valence electrons. The number of alkyl halides is 3. The molecule has 0 atom stereocenters. The zero-order chi connectivity index (χ0) is 28.8. The Morgan fingerprint density at radius 3 is 1.73 bits per heavy atom. The molecule has 0 radical (unpaired) electrons. The minimum absolute atomic E-state index is 0.211. The Morgan fingerprint density at radius 1 is 0.825 bits per heavy atom. The van der Waals surface area contributed by atoms with Gasteiger partial charge in [-0.15, -0.1) is 0 Å². The van der Waals surface area contributed by atoms with E-state index in [4.69, 9.17) is 4.74 Å². The van der Waals surface area contributed by atoms with Crippen LogP contribution in [0.4, 0.5) is 13.2 Å². The maximum absolute atomic E-state index is 13.1. The molecule has 0 aliphatic heterocycles. The third-order valence-corrected chi connectivity index (χ3v) is 17.1. The standard InChI is InChI=1S/C32H31BrF3O3P/c1-2-13-27-29(21-20-28(30(27)37)31(38)32(34,35)36)39-22-12-23-40(33,24-14-6-3-7-15-24,25-16-8-4-9-17-25)26-18-10-5-11-19-26/h3-11,14-21,37H,2,12-13,22-23H2,1H3. The van der Waals surface area contributed by atoms with Crippen molar-refractivity contribution >= 4 is 42.5 Å². The van der Waals surface area contributed by atoms with E-state index in [9.17, 15) is 23.1 Å². The van der Waals surface area contributed by atoms with Crippen molar-refractivity contribution in [1.29, 1.82) is 0 Å². The predicted octanol–water partition coefficient (Wildman–Crippen LogP) is 7.70. The van der Waals surface area contributed by atoms with E-state index in [2.05, 4.69) is 51.9 Å². The molecular weight excluding hydrogens is 600 g/mol. The van der Waals surface area contributed by atoms with E-state index in [-0.39, 0.29) is 24.3 Å². The van der Waals surface area contributed by atoms with Crippen LogP contribution in [0.1, 0.15) is 35.7 Å². The summed E-state index contributed by atoms with van der Waals surface area (Å²) in [6.07, 6.45) is -2.92. The Bertz CT molecular complexity index is 1350. The van der Waals surface area contributed by atoms with Crippen LogP contribution in [-0.4, -0.2) is 29.8 Å². The molecule has 1 N–H and O–H groups in total. The number of ketones is 1. The molecule has 0 spiro atoms. The number of rotatable bonds is 11. The van der Waals surface area contributed by atoms with Crippen LogP contribution in [0.5, 0.6) is 11.5 Å². The third-order valence-electron chi connectivity index (χ3n) is 7.11. The molecule has 0 bridgehead atoms. The van der Waals surface area contributed by atoms with Gasteiger partial charge in [0.2, 0.25) is 0 Å². The first-order chi connectivity index (χ1) is 19.1. The van der Waals surface area contributed by atoms with Gasteiger partial charge in [0.05, 0.1) is 0 Å². The van der Waals surface area contributed by atoms with Gasteiger partial charge in [0.15, 0.2) is 0 Å². The second-order valence-electron chi connectivity index (χ2n) is 9.63. The summed E-state index contributed by atoms with van der Waals surface area (Å²) in [7, 11) is 0. The monoisotopic (exact) mass is 630 g/mol. The Hall–Kier alpha value is -3.15. The molecule has 40 heavy (non-hydrogen) atoms. The summed E-state index contributed by atoms with van der Waals surface area (Å²) < 4.78 is 45.3. The van der Waals surface area contributed by atoms with Crippen LogP contribution in [0.3, 0.4) is 0 Å². The number of benzene rings is 4. The summed E-state index contributed by atoms with van der Waals surface area (Å²) in [5.41, 5.74) is -0.547. The number of ether oxygens (including phenoxy) is 1. The van der Waals surface area contributed by atoms with Crippen LogP contribution in [0.15, 0.2) is 103 Å². The van der Waals surface area contributed by atoms with Crippen molar-refractivity contribution in [2.75, 3.05) is 12.8 Å². The molecule has 0 saturated heterocycles. The van der Waals surface area contributed by atoms with E-state index < -0.39 is 28.6 Å². The number of hydrogen-bond acceptors (Lipinski definition) is 3. The number of hydrogen-bond donors (Lipinski definition) is 1. The van der Waals surface area contributed by atoms with Crippen LogP contribution in [-0.2, 0) is 6.42 Å². The normalized spacial score (nSPS) is 12.9. The van der Waals surface area contributed by atoms with Crippen molar-refractivity contribution in [3.8, 4) is 11.5 Å². The van der Waals surface area contributed by atoms with Gasteiger partial charge in [0.1, 0.15) is 0 Å². The van der Waals surface area contributed by atoms with Gasteiger partial charge < -0.3 is 0 Å². The van der Waals surface area contributed by atoms with Gasteiger partial charge in [-0.3, -0.25) is 0 Å². The molecule has 4 rings (SSSR count). The maximum atomic E-state index is 13.1. The molecule has 0 aliphatic rings. The van der Waals surface area contributed by atoms with E-state index in [0.717, 1.165) is 6.07 Å². The SMILES string of the molecule is CCCc1c(OCCCP(Br)(c2ccccc2)(c2ccccc2)c2ccccc2)ccc(C(=O)C(F)(F)F)c1O. The van der Waals surface area contributed by atoms with Gasteiger partial charge in [-0.05, 0) is 0 Å². The molecular formula is C32H31BrF3O3P. The molecule has 0 aromatic heterocycles. The minimum atomic E-state index is -5.08. The molecule has 4 aromatic rings. The molecule has 0 saturated carbocycles. The summed E-state index contributed by atoms with van der Waals surface area (Å²) in [5.74, 6) is -2.45. The topological polar surface area (TPSA) is 46.5 Å². The summed E-state index contributed by atoms with van der Waals surface area (Å²) >= 11 is 4.39. The number of aromatic hydroxyl groups is 1. The van der Waals surface area contributed by atoms with Gasteiger partial charge in [-0.25, -0.2) is 0 Å². The van der Waals surface area contributed by atoms with Crippen LogP contribution < -0.4 is 20.7 Å². The summed E-state index contributed by atoms with van der Waals surface area (Å²) in [6, 6.07) is 33.3. The molecule has 4 aromatic carbocycles. The number of halogens is 4. The van der Waals surface area contributed by atoms with Gasteiger partial charge >= 0.3 is 241 Å².